The molecule has 1 saturated heterocycles. The number of halogens is 1. The van der Waals surface area contributed by atoms with E-state index in [9.17, 15) is 4.79 Å². The van der Waals surface area contributed by atoms with E-state index in [1.54, 1.807) is 0 Å². The first-order valence-electron chi connectivity index (χ1n) is 9.52. The summed E-state index contributed by atoms with van der Waals surface area (Å²) in [5.74, 6) is 2.13. The Morgan fingerprint density at radius 2 is 2.11 bits per heavy atom. The fourth-order valence-electron chi connectivity index (χ4n) is 3.95. The normalized spacial score (nSPS) is 19.8. The molecule has 1 aromatic heterocycles. The van der Waals surface area contributed by atoms with Gasteiger partial charge in [-0.05, 0) is 30.9 Å². The first-order valence-corrected chi connectivity index (χ1v) is 11.1. The van der Waals surface area contributed by atoms with Gasteiger partial charge in [-0.15, -0.1) is 0 Å². The summed E-state index contributed by atoms with van der Waals surface area (Å²) in [6.45, 7) is 2.39. The maximum atomic E-state index is 13.0. The highest BCUT2D eigenvalue weighted by molar-refractivity contribution is 7.99. The second-order valence-corrected chi connectivity index (χ2v) is 8.85. The Labute approximate surface area is 169 Å². The van der Waals surface area contributed by atoms with E-state index in [-0.39, 0.29) is 5.91 Å². The van der Waals surface area contributed by atoms with E-state index in [2.05, 4.69) is 16.5 Å². The lowest BCUT2D eigenvalue weighted by Crippen LogP contribution is -2.39. The van der Waals surface area contributed by atoms with Crippen LogP contribution in [0.2, 0.25) is 5.02 Å². The maximum absolute atomic E-state index is 13.0. The van der Waals surface area contributed by atoms with Gasteiger partial charge in [0.15, 0.2) is 5.69 Å². The van der Waals surface area contributed by atoms with Gasteiger partial charge in [0.05, 0.1) is 0 Å². The molecule has 27 heavy (non-hydrogen) atoms. The molecule has 0 bridgehead atoms. The largest absolute Gasteiger partial charge is 0.336 e. The van der Waals surface area contributed by atoms with Crippen LogP contribution in [-0.4, -0.2) is 51.2 Å². The lowest BCUT2D eigenvalue weighted by atomic mass is 9.91. The van der Waals surface area contributed by atoms with Crippen molar-refractivity contribution in [3.05, 3.63) is 51.8 Å². The van der Waals surface area contributed by atoms with Gasteiger partial charge in [0.1, 0.15) is 0 Å². The third kappa shape index (κ3) is 4.03. The lowest BCUT2D eigenvalue weighted by molar-refractivity contribution is 0.0764. The molecule has 1 aliphatic carbocycles. The monoisotopic (exact) mass is 404 g/mol. The summed E-state index contributed by atoms with van der Waals surface area (Å²) < 4.78 is 1.91. The molecule has 1 amide bonds. The Hall–Kier alpha value is -1.50. The Morgan fingerprint density at radius 1 is 1.33 bits per heavy atom. The molecule has 2 aliphatic rings. The van der Waals surface area contributed by atoms with E-state index >= 15 is 0 Å². The lowest BCUT2D eigenvalue weighted by Gasteiger charge is -2.27. The second kappa shape index (κ2) is 8.25. The molecule has 2 heterocycles. The molecule has 1 N–H and O–H groups in total. The Kier molecular flexibility index (Phi) is 5.76. The van der Waals surface area contributed by atoms with Crippen LogP contribution in [0.4, 0.5) is 0 Å². The van der Waals surface area contributed by atoms with Gasteiger partial charge in [-0.1, -0.05) is 29.8 Å². The fraction of sp³-hybridized carbons (Fsp3) is 0.500. The molecule has 1 fully saturated rings. The first-order chi connectivity index (χ1) is 13.1. The van der Waals surface area contributed by atoms with Crippen molar-refractivity contribution in [1.82, 2.24) is 20.0 Å². The number of amides is 1. The highest BCUT2D eigenvalue weighted by atomic mass is 35.5. The Morgan fingerprint density at radius 3 is 2.89 bits per heavy atom. The van der Waals surface area contributed by atoms with Gasteiger partial charge in [-0.3, -0.25) is 9.48 Å². The number of carbonyl (C=O) groups is 1. The molecule has 7 heteroatoms. The quantitative estimate of drug-likeness (QED) is 0.851. The zero-order valence-corrected chi connectivity index (χ0v) is 17.2. The van der Waals surface area contributed by atoms with Gasteiger partial charge in [0, 0.05) is 60.5 Å². The van der Waals surface area contributed by atoms with Gasteiger partial charge in [0.25, 0.3) is 5.91 Å². The number of nitrogens with one attached hydrogen (secondary N) is 1. The molecule has 0 spiro atoms. The summed E-state index contributed by atoms with van der Waals surface area (Å²) in [6.07, 6.45) is 2.84. The van der Waals surface area contributed by atoms with Gasteiger partial charge in [-0.25, -0.2) is 0 Å². The number of nitrogens with zero attached hydrogens (tertiary/aromatic N) is 3. The zero-order valence-electron chi connectivity index (χ0n) is 15.6. The van der Waals surface area contributed by atoms with Crippen molar-refractivity contribution in [2.45, 2.75) is 31.8 Å². The molecule has 2 aromatic rings. The van der Waals surface area contributed by atoms with Crippen molar-refractivity contribution >= 4 is 29.3 Å². The molecule has 1 unspecified atom stereocenters. The maximum Gasteiger partial charge on any atom is 0.274 e. The van der Waals surface area contributed by atoms with Gasteiger partial charge in [-0.2, -0.15) is 16.9 Å². The number of carbonyl (C=O) groups excluding carboxylic acids is 1. The molecule has 144 valence electrons. The highest BCUT2D eigenvalue weighted by Crippen LogP contribution is 2.26. The summed E-state index contributed by atoms with van der Waals surface area (Å²) in [5.41, 5.74) is 4.10. The standard InChI is InChI=1S/C20H25ClN4OS/c1-24-18-7-6-15(22-13-14-4-2-3-5-17(14)21)12-16(18)19(23-24)20(26)25-8-10-27-11-9-25/h2-5,15,22H,6-13H2,1H3. The minimum atomic E-state index is 0.0962. The van der Waals surface area contributed by atoms with Crippen LogP contribution in [0.1, 0.15) is 33.7 Å². The summed E-state index contributed by atoms with van der Waals surface area (Å²) >= 11 is 8.18. The number of thioether (sulfide) groups is 1. The van der Waals surface area contributed by atoms with Crippen LogP contribution >= 0.6 is 23.4 Å². The number of hydrogen-bond acceptors (Lipinski definition) is 4. The SMILES string of the molecule is Cn1nc(C(=O)N2CCSCC2)c2c1CCC(NCc1ccccc1Cl)C2. The molecule has 0 radical (unpaired) electrons. The number of hydrogen-bond donors (Lipinski definition) is 1. The Bertz CT molecular complexity index is 831. The van der Waals surface area contributed by atoms with Crippen LogP contribution in [0.15, 0.2) is 24.3 Å². The van der Waals surface area contributed by atoms with Crippen LogP contribution in [-0.2, 0) is 26.4 Å². The number of aromatic nitrogens is 2. The van der Waals surface area contributed by atoms with Gasteiger partial charge >= 0.3 is 0 Å². The Balaban J connectivity index is 1.48. The average Bonchev–Trinajstić information content (AvgIpc) is 3.03. The number of rotatable bonds is 4. The molecular weight excluding hydrogens is 380 g/mol. The minimum absolute atomic E-state index is 0.0962. The molecule has 1 aromatic carbocycles. The summed E-state index contributed by atoms with van der Waals surface area (Å²) in [6, 6.07) is 8.27. The molecule has 4 rings (SSSR count). The van der Waals surface area contributed by atoms with E-state index in [0.717, 1.165) is 66.6 Å². The zero-order chi connectivity index (χ0) is 18.8. The highest BCUT2D eigenvalue weighted by Gasteiger charge is 2.30. The van der Waals surface area contributed by atoms with Gasteiger partial charge < -0.3 is 10.2 Å². The predicted octanol–water partition coefficient (Wildman–Crippen LogP) is 2.91. The van der Waals surface area contributed by atoms with Crippen LogP contribution in [0, 0.1) is 0 Å². The summed E-state index contributed by atoms with van der Waals surface area (Å²) in [4.78, 5) is 15.0. The van der Waals surface area contributed by atoms with Crippen molar-refractivity contribution in [3.63, 3.8) is 0 Å². The number of aryl methyl sites for hydroxylation is 1. The smallest absolute Gasteiger partial charge is 0.274 e. The van der Waals surface area contributed by atoms with Crippen LogP contribution < -0.4 is 5.32 Å². The van der Waals surface area contributed by atoms with E-state index in [4.69, 9.17) is 11.6 Å². The third-order valence-electron chi connectivity index (χ3n) is 5.49. The topological polar surface area (TPSA) is 50.2 Å². The van der Waals surface area contributed by atoms with E-state index in [1.807, 2.05) is 46.6 Å². The van der Waals surface area contributed by atoms with E-state index in [1.165, 1.54) is 5.69 Å². The molecule has 0 saturated carbocycles. The summed E-state index contributed by atoms with van der Waals surface area (Å²) in [7, 11) is 1.96. The van der Waals surface area contributed by atoms with Crippen molar-refractivity contribution in [2.24, 2.45) is 7.05 Å². The molecule has 1 aliphatic heterocycles. The molecular formula is C20H25ClN4OS. The summed E-state index contributed by atoms with van der Waals surface area (Å²) in [5, 5.41) is 9.02. The molecule has 1 atom stereocenters. The minimum Gasteiger partial charge on any atom is -0.336 e. The van der Waals surface area contributed by atoms with Crippen molar-refractivity contribution in [3.8, 4) is 0 Å². The number of benzene rings is 1. The first kappa shape index (κ1) is 18.8. The average molecular weight is 405 g/mol. The van der Waals surface area contributed by atoms with Crippen LogP contribution in [0.3, 0.4) is 0 Å². The van der Waals surface area contributed by atoms with Crippen LogP contribution in [0.25, 0.3) is 0 Å². The van der Waals surface area contributed by atoms with Crippen molar-refractivity contribution in [2.75, 3.05) is 24.6 Å². The molecule has 5 nitrogen and oxygen atoms in total. The number of fused-ring (bicyclic) bond motifs is 1. The third-order valence-corrected chi connectivity index (χ3v) is 6.81. The van der Waals surface area contributed by atoms with E-state index in [0.29, 0.717) is 11.7 Å². The second-order valence-electron chi connectivity index (χ2n) is 7.21. The predicted molar refractivity (Wildman–Crippen MR) is 111 cm³/mol. The van der Waals surface area contributed by atoms with Crippen molar-refractivity contribution < 1.29 is 4.79 Å². The fourth-order valence-corrected chi connectivity index (χ4v) is 5.05. The van der Waals surface area contributed by atoms with Crippen molar-refractivity contribution in [1.29, 1.82) is 0 Å². The van der Waals surface area contributed by atoms with Crippen LogP contribution in [0.5, 0.6) is 0 Å². The van der Waals surface area contributed by atoms with Gasteiger partial charge in [0.2, 0.25) is 0 Å². The van der Waals surface area contributed by atoms with E-state index < -0.39 is 0 Å².